The van der Waals surface area contributed by atoms with Crippen LogP contribution in [0.3, 0.4) is 0 Å². The molecular weight excluding hydrogens is 165 g/mol. The SMILES string of the molecule is NC(CF)c1ccc(Cl)cc1. The Bertz CT molecular complexity index is 222. The van der Waals surface area contributed by atoms with Gasteiger partial charge in [-0.1, -0.05) is 23.7 Å². The Labute approximate surface area is 70.0 Å². The van der Waals surface area contributed by atoms with Crippen LogP contribution in [-0.4, -0.2) is 6.67 Å². The number of nitrogens with two attached hydrogens (primary N) is 1. The molecule has 1 aromatic carbocycles. The van der Waals surface area contributed by atoms with E-state index in [2.05, 4.69) is 0 Å². The summed E-state index contributed by atoms with van der Waals surface area (Å²) >= 11 is 5.62. The summed E-state index contributed by atoms with van der Waals surface area (Å²) in [5.74, 6) is 0. The second-order valence-corrected chi connectivity index (χ2v) is 2.75. The fraction of sp³-hybridized carbons (Fsp3) is 0.250. The van der Waals surface area contributed by atoms with Crippen molar-refractivity contribution in [2.45, 2.75) is 6.04 Å². The monoisotopic (exact) mass is 173 g/mol. The largest absolute Gasteiger partial charge is 0.322 e. The first kappa shape index (κ1) is 8.50. The molecule has 0 radical (unpaired) electrons. The van der Waals surface area contributed by atoms with Crippen molar-refractivity contribution < 1.29 is 4.39 Å². The average Bonchev–Trinajstić information content (AvgIpc) is 2.05. The van der Waals surface area contributed by atoms with E-state index in [9.17, 15) is 4.39 Å². The quantitative estimate of drug-likeness (QED) is 0.730. The van der Waals surface area contributed by atoms with Crippen LogP contribution in [0.15, 0.2) is 24.3 Å². The zero-order valence-corrected chi connectivity index (χ0v) is 6.68. The van der Waals surface area contributed by atoms with Gasteiger partial charge in [0.1, 0.15) is 6.67 Å². The smallest absolute Gasteiger partial charge is 0.109 e. The van der Waals surface area contributed by atoms with Crippen molar-refractivity contribution in [3.05, 3.63) is 34.9 Å². The summed E-state index contributed by atoms with van der Waals surface area (Å²) in [6.07, 6.45) is 0. The Balaban J connectivity index is 2.81. The lowest BCUT2D eigenvalue weighted by Gasteiger charge is -2.05. The molecule has 0 fully saturated rings. The van der Waals surface area contributed by atoms with Crippen LogP contribution >= 0.6 is 11.6 Å². The number of rotatable bonds is 2. The molecule has 2 N–H and O–H groups in total. The van der Waals surface area contributed by atoms with Crippen LogP contribution in [0.1, 0.15) is 11.6 Å². The maximum absolute atomic E-state index is 12.0. The van der Waals surface area contributed by atoms with Gasteiger partial charge < -0.3 is 5.73 Å². The summed E-state index contributed by atoms with van der Waals surface area (Å²) in [5.41, 5.74) is 6.20. The van der Waals surface area contributed by atoms with Gasteiger partial charge in [-0.15, -0.1) is 0 Å². The van der Waals surface area contributed by atoms with E-state index in [0.29, 0.717) is 5.02 Å². The number of benzene rings is 1. The molecule has 1 aromatic rings. The molecule has 1 unspecified atom stereocenters. The lowest BCUT2D eigenvalue weighted by molar-refractivity contribution is 0.437. The third kappa shape index (κ3) is 2.17. The first-order valence-electron chi connectivity index (χ1n) is 3.31. The van der Waals surface area contributed by atoms with Crippen LogP contribution in [0.2, 0.25) is 5.02 Å². The summed E-state index contributed by atoms with van der Waals surface area (Å²) in [4.78, 5) is 0. The summed E-state index contributed by atoms with van der Waals surface area (Å²) < 4.78 is 12.0. The molecule has 60 valence electrons. The topological polar surface area (TPSA) is 26.0 Å². The minimum absolute atomic E-state index is 0.521. The van der Waals surface area contributed by atoms with Gasteiger partial charge in [-0.05, 0) is 17.7 Å². The lowest BCUT2D eigenvalue weighted by atomic mass is 10.1. The highest BCUT2D eigenvalue weighted by molar-refractivity contribution is 6.30. The highest BCUT2D eigenvalue weighted by Crippen LogP contribution is 2.14. The van der Waals surface area contributed by atoms with Crippen molar-refractivity contribution in [1.29, 1.82) is 0 Å². The minimum Gasteiger partial charge on any atom is -0.322 e. The predicted octanol–water partition coefficient (Wildman–Crippen LogP) is 2.31. The van der Waals surface area contributed by atoms with Crippen LogP contribution in [0, 0.1) is 0 Å². The van der Waals surface area contributed by atoms with E-state index in [0.717, 1.165) is 5.56 Å². The first-order chi connectivity index (χ1) is 5.24. The molecule has 1 atom stereocenters. The van der Waals surface area contributed by atoms with Crippen molar-refractivity contribution in [3.63, 3.8) is 0 Å². The van der Waals surface area contributed by atoms with E-state index in [1.54, 1.807) is 24.3 Å². The number of alkyl halides is 1. The average molecular weight is 174 g/mol. The van der Waals surface area contributed by atoms with E-state index in [-0.39, 0.29) is 0 Å². The fourth-order valence-corrected chi connectivity index (χ4v) is 0.925. The zero-order valence-electron chi connectivity index (χ0n) is 5.93. The highest BCUT2D eigenvalue weighted by Gasteiger charge is 2.03. The van der Waals surface area contributed by atoms with Gasteiger partial charge in [0.2, 0.25) is 0 Å². The van der Waals surface area contributed by atoms with E-state index >= 15 is 0 Å². The van der Waals surface area contributed by atoms with E-state index in [1.165, 1.54) is 0 Å². The van der Waals surface area contributed by atoms with Crippen LogP contribution in [-0.2, 0) is 0 Å². The van der Waals surface area contributed by atoms with Crippen molar-refractivity contribution in [2.75, 3.05) is 6.67 Å². The summed E-state index contributed by atoms with van der Waals surface area (Å²) in [7, 11) is 0. The molecule has 0 saturated carbocycles. The third-order valence-electron chi connectivity index (χ3n) is 1.46. The van der Waals surface area contributed by atoms with Crippen LogP contribution in [0.5, 0.6) is 0 Å². The number of hydrogen-bond donors (Lipinski definition) is 1. The Hall–Kier alpha value is -0.600. The van der Waals surface area contributed by atoms with Gasteiger partial charge in [-0.2, -0.15) is 0 Å². The lowest BCUT2D eigenvalue weighted by Crippen LogP contribution is -2.11. The van der Waals surface area contributed by atoms with E-state index in [1.807, 2.05) is 0 Å². The molecule has 0 aliphatic heterocycles. The second kappa shape index (κ2) is 3.69. The maximum Gasteiger partial charge on any atom is 0.109 e. The van der Waals surface area contributed by atoms with Crippen molar-refractivity contribution in [1.82, 2.24) is 0 Å². The minimum atomic E-state index is -0.540. The molecule has 1 rings (SSSR count). The molecule has 0 heterocycles. The highest BCUT2D eigenvalue weighted by atomic mass is 35.5. The Morgan fingerprint density at radius 3 is 2.36 bits per heavy atom. The Morgan fingerprint density at radius 2 is 1.91 bits per heavy atom. The molecule has 0 amide bonds. The molecule has 0 aliphatic rings. The molecule has 1 nitrogen and oxygen atoms in total. The van der Waals surface area contributed by atoms with Gasteiger partial charge in [0.05, 0.1) is 6.04 Å². The van der Waals surface area contributed by atoms with Crippen molar-refractivity contribution in [3.8, 4) is 0 Å². The Morgan fingerprint density at radius 1 is 1.36 bits per heavy atom. The van der Waals surface area contributed by atoms with Crippen LogP contribution < -0.4 is 5.73 Å². The van der Waals surface area contributed by atoms with Gasteiger partial charge >= 0.3 is 0 Å². The standard InChI is InChI=1S/C8H9ClFN/c9-7-3-1-6(2-4-7)8(11)5-10/h1-4,8H,5,11H2. The fourth-order valence-electron chi connectivity index (χ4n) is 0.799. The van der Waals surface area contributed by atoms with Crippen molar-refractivity contribution in [2.24, 2.45) is 5.73 Å². The van der Waals surface area contributed by atoms with Crippen molar-refractivity contribution >= 4 is 11.6 Å². The van der Waals surface area contributed by atoms with Gasteiger partial charge in [0, 0.05) is 5.02 Å². The van der Waals surface area contributed by atoms with Gasteiger partial charge in [-0.25, -0.2) is 4.39 Å². The molecule has 0 aliphatic carbocycles. The maximum atomic E-state index is 12.0. The predicted molar refractivity (Wildman–Crippen MR) is 44.4 cm³/mol. The van der Waals surface area contributed by atoms with Crippen LogP contribution in [0.25, 0.3) is 0 Å². The molecule has 0 aromatic heterocycles. The molecule has 0 bridgehead atoms. The summed E-state index contributed by atoms with van der Waals surface area (Å²) in [5, 5.41) is 0.639. The molecule has 0 saturated heterocycles. The summed E-state index contributed by atoms with van der Waals surface area (Å²) in [6, 6.07) is 6.34. The Kier molecular flexibility index (Phi) is 2.85. The summed E-state index contributed by atoms with van der Waals surface area (Å²) in [6.45, 7) is -0.540. The molecule has 3 heteroatoms. The number of hydrogen-bond acceptors (Lipinski definition) is 1. The zero-order chi connectivity index (χ0) is 8.27. The van der Waals surface area contributed by atoms with E-state index in [4.69, 9.17) is 17.3 Å². The number of halogens is 2. The first-order valence-corrected chi connectivity index (χ1v) is 3.69. The second-order valence-electron chi connectivity index (χ2n) is 2.31. The van der Waals surface area contributed by atoms with Gasteiger partial charge in [0.15, 0.2) is 0 Å². The normalized spacial score (nSPS) is 13.0. The van der Waals surface area contributed by atoms with E-state index < -0.39 is 12.7 Å². The third-order valence-corrected chi connectivity index (χ3v) is 1.72. The van der Waals surface area contributed by atoms with Gasteiger partial charge in [0.25, 0.3) is 0 Å². The molecule has 0 spiro atoms. The molecular formula is C8H9ClFN. The van der Waals surface area contributed by atoms with Gasteiger partial charge in [-0.3, -0.25) is 0 Å². The van der Waals surface area contributed by atoms with Crippen LogP contribution in [0.4, 0.5) is 4.39 Å². The molecule has 11 heavy (non-hydrogen) atoms.